The van der Waals surface area contributed by atoms with E-state index in [1.54, 1.807) is 37.3 Å². The number of carbonyl (C=O) groups excluding carboxylic acids is 4. The molecule has 14 nitrogen and oxygen atoms in total. The van der Waals surface area contributed by atoms with Crippen LogP contribution >= 0.6 is 0 Å². The highest BCUT2D eigenvalue weighted by Crippen LogP contribution is 2.48. The van der Waals surface area contributed by atoms with Gasteiger partial charge in [0.15, 0.2) is 0 Å². The molecule has 3 heterocycles. The Balaban J connectivity index is 1.37. The maximum absolute atomic E-state index is 14.9. The molecule has 2 aliphatic heterocycles. The number of hydrogen-bond donors (Lipinski definition) is 3. The summed E-state index contributed by atoms with van der Waals surface area (Å²) in [5.41, 5.74) is -4.67. The number of hydrogen-bond acceptors (Lipinski definition) is 10. The number of rotatable bonds is 10. The molecule has 2 saturated carbocycles. The molecule has 1 aromatic carbocycles. The normalized spacial score (nSPS) is 28.6. The molecule has 59 heavy (non-hydrogen) atoms. The molecule has 1 aromatic heterocycles. The highest BCUT2D eigenvalue weighted by molar-refractivity contribution is 7.91. The summed E-state index contributed by atoms with van der Waals surface area (Å²) in [5.74, 6) is -3.25. The molecule has 324 valence electrons. The van der Waals surface area contributed by atoms with Crippen LogP contribution in [-0.2, 0) is 29.1 Å². The minimum Gasteiger partial charge on any atom is -0.497 e. The topological polar surface area (TPSA) is 182 Å². The van der Waals surface area contributed by atoms with Crippen LogP contribution in [0.2, 0.25) is 0 Å². The van der Waals surface area contributed by atoms with Crippen molar-refractivity contribution in [1.82, 2.24) is 25.2 Å². The molecule has 0 radical (unpaired) electrons. The summed E-state index contributed by atoms with van der Waals surface area (Å²) in [5, 5.41) is 6.45. The van der Waals surface area contributed by atoms with E-state index in [1.165, 1.54) is 18.2 Å². The number of nitrogens with zero attached hydrogens (tertiary/aromatic N) is 2. The maximum atomic E-state index is 14.9. The van der Waals surface area contributed by atoms with Crippen molar-refractivity contribution in [3.05, 3.63) is 42.6 Å². The minimum atomic E-state index is -4.93. The van der Waals surface area contributed by atoms with Gasteiger partial charge in [-0.25, -0.2) is 22.6 Å². The van der Waals surface area contributed by atoms with Crippen molar-refractivity contribution >= 4 is 44.6 Å². The number of halogens is 4. The van der Waals surface area contributed by atoms with Gasteiger partial charge in [-0.05, 0) is 93.9 Å². The van der Waals surface area contributed by atoms with Crippen molar-refractivity contribution in [2.45, 2.75) is 119 Å². The number of benzene rings is 1. The summed E-state index contributed by atoms with van der Waals surface area (Å²) in [7, 11) is -2.95. The number of fused-ring (bicyclic) bond motifs is 3. The Morgan fingerprint density at radius 2 is 1.85 bits per heavy atom. The van der Waals surface area contributed by atoms with Gasteiger partial charge in [-0.2, -0.15) is 13.2 Å². The van der Waals surface area contributed by atoms with E-state index in [0.717, 1.165) is 5.39 Å². The largest absolute Gasteiger partial charge is 0.497 e. The Morgan fingerprint density at radius 1 is 1.12 bits per heavy atom. The first-order chi connectivity index (χ1) is 27.7. The summed E-state index contributed by atoms with van der Waals surface area (Å²) >= 11 is 0. The Hall–Kier alpha value is -4.68. The van der Waals surface area contributed by atoms with E-state index in [1.807, 2.05) is 17.7 Å². The predicted molar refractivity (Wildman–Crippen MR) is 206 cm³/mol. The van der Waals surface area contributed by atoms with Crippen molar-refractivity contribution in [1.29, 1.82) is 0 Å². The Kier molecular flexibility index (Phi) is 12.2. The number of nitrogens with one attached hydrogen (secondary N) is 3. The van der Waals surface area contributed by atoms with Crippen molar-refractivity contribution in [2.24, 2.45) is 17.8 Å². The molecule has 0 spiro atoms. The zero-order valence-corrected chi connectivity index (χ0v) is 34.4. The molecule has 6 rings (SSSR count). The fourth-order valence-corrected chi connectivity index (χ4v) is 9.35. The second kappa shape index (κ2) is 16.4. The Morgan fingerprint density at radius 3 is 2.49 bits per heavy atom. The number of pyridine rings is 1. The van der Waals surface area contributed by atoms with Gasteiger partial charge in [0, 0.05) is 23.9 Å². The molecule has 0 unspecified atom stereocenters. The van der Waals surface area contributed by atoms with E-state index in [0.29, 0.717) is 50.7 Å². The molecule has 7 atom stereocenters. The van der Waals surface area contributed by atoms with Gasteiger partial charge in [-0.3, -0.25) is 19.1 Å². The lowest BCUT2D eigenvalue weighted by Gasteiger charge is -2.35. The lowest BCUT2D eigenvalue weighted by molar-refractivity contribution is -0.244. The smallest absolute Gasteiger partial charge is 0.427 e. The second-order valence-corrected chi connectivity index (χ2v) is 18.8. The average molecular weight is 854 g/mol. The Bertz CT molecular complexity index is 2100. The number of allylic oxidation sites excluding steroid dienone is 1. The second-order valence-electron chi connectivity index (χ2n) is 16.7. The molecule has 0 bridgehead atoms. The lowest BCUT2D eigenvalue weighted by atomic mass is 9.85. The van der Waals surface area contributed by atoms with E-state index in [-0.39, 0.29) is 44.0 Å². The van der Waals surface area contributed by atoms with Crippen LogP contribution in [0.1, 0.15) is 79.1 Å². The van der Waals surface area contributed by atoms with Gasteiger partial charge >= 0.3 is 12.3 Å². The number of ether oxygens (including phenoxy) is 3. The zero-order chi connectivity index (χ0) is 43.1. The van der Waals surface area contributed by atoms with E-state index < -0.39 is 92.6 Å². The first kappa shape index (κ1) is 43.9. The molecule has 3 fully saturated rings. The predicted octanol–water partition coefficient (Wildman–Crippen LogP) is 5.25. The van der Waals surface area contributed by atoms with Crippen LogP contribution in [0.5, 0.6) is 11.6 Å². The monoisotopic (exact) mass is 853 g/mol. The highest BCUT2D eigenvalue weighted by Gasteiger charge is 2.64. The fourth-order valence-electron chi connectivity index (χ4n) is 7.92. The molecule has 19 heteroatoms. The molecular formula is C40H51F4N5O9S. The van der Waals surface area contributed by atoms with Crippen LogP contribution < -0.4 is 24.8 Å². The zero-order valence-electron chi connectivity index (χ0n) is 33.6. The molecule has 1 saturated heterocycles. The van der Waals surface area contributed by atoms with Gasteiger partial charge in [0.05, 0.1) is 13.7 Å². The molecule has 3 N–H and O–H groups in total. The third-order valence-corrected chi connectivity index (χ3v) is 14.3. The van der Waals surface area contributed by atoms with E-state index >= 15 is 0 Å². The van der Waals surface area contributed by atoms with Crippen LogP contribution in [0, 0.1) is 17.8 Å². The quantitative estimate of drug-likeness (QED) is 0.211. The van der Waals surface area contributed by atoms with Gasteiger partial charge in [-0.15, -0.1) is 0 Å². The van der Waals surface area contributed by atoms with Crippen molar-refractivity contribution in [2.75, 3.05) is 20.3 Å². The number of amides is 4. The first-order valence-electron chi connectivity index (χ1n) is 19.8. The van der Waals surface area contributed by atoms with Gasteiger partial charge in [0.2, 0.25) is 33.3 Å². The maximum Gasteiger partial charge on any atom is 0.427 e. The van der Waals surface area contributed by atoms with Crippen molar-refractivity contribution < 1.29 is 59.4 Å². The fraction of sp³-hybridized carbons (Fsp3) is 0.625. The number of sulfonamides is 1. The van der Waals surface area contributed by atoms with E-state index in [4.69, 9.17) is 14.2 Å². The van der Waals surface area contributed by atoms with Gasteiger partial charge in [-0.1, -0.05) is 32.4 Å². The molecule has 2 aliphatic carbocycles. The van der Waals surface area contributed by atoms with Crippen LogP contribution in [0.25, 0.3) is 10.8 Å². The number of alkyl carbamates (subject to hydrolysis) is 1. The van der Waals surface area contributed by atoms with Gasteiger partial charge in [0.25, 0.3) is 5.91 Å². The summed E-state index contributed by atoms with van der Waals surface area (Å²) in [6.45, 7) is 3.64. The van der Waals surface area contributed by atoms with Gasteiger partial charge in [0.1, 0.15) is 40.9 Å². The minimum absolute atomic E-state index is 0.0156. The Labute approximate surface area is 340 Å². The van der Waals surface area contributed by atoms with Crippen molar-refractivity contribution in [3.8, 4) is 11.6 Å². The SMILES string of the molecule is CC[C@@H]1C[C@H](C)CCC=C[C@@H]2C[C@@]2(C(=O)NS(=O)(=O)C2(CF)CC2)NC(=O)[C@@H]2C[C@@H](Oc3nccc4cc(OC)ccc34)CN2C(=O)[C@H]1NC(=O)OC(C)(C)C(F)(F)F. The average Bonchev–Trinajstić information content (AvgIpc) is 4.08. The summed E-state index contributed by atoms with van der Waals surface area (Å²) in [6.07, 6.45) is -0.585. The molecule has 4 aliphatic rings. The van der Waals surface area contributed by atoms with Gasteiger partial charge < -0.3 is 29.7 Å². The van der Waals surface area contributed by atoms with E-state index in [9.17, 15) is 45.2 Å². The third-order valence-electron chi connectivity index (χ3n) is 12.1. The van der Waals surface area contributed by atoms with Crippen LogP contribution in [0.4, 0.5) is 22.4 Å². The van der Waals surface area contributed by atoms with Crippen LogP contribution in [0.15, 0.2) is 42.6 Å². The first-order valence-corrected chi connectivity index (χ1v) is 21.3. The van der Waals surface area contributed by atoms with Crippen molar-refractivity contribution in [3.63, 3.8) is 0 Å². The lowest BCUT2D eigenvalue weighted by Crippen LogP contribution is -2.60. The summed E-state index contributed by atoms with van der Waals surface area (Å²) in [6, 6.07) is 4.12. The summed E-state index contributed by atoms with van der Waals surface area (Å²) < 4.78 is 98.4. The molecule has 4 amide bonds. The number of aromatic nitrogens is 1. The molecular weight excluding hydrogens is 803 g/mol. The third kappa shape index (κ3) is 8.94. The number of methoxy groups -OCH3 is 1. The summed E-state index contributed by atoms with van der Waals surface area (Å²) in [4.78, 5) is 62.1. The number of carbonyl (C=O) groups is 4. The standard InChI is InChI=1S/C40H51F4N5O9S/c1-6-24-17-23(2)9-7-8-10-26-20-39(26,35(52)48-59(54,55)38(22-41)14-15-38)47-32(50)30-19-28(57-33-29-12-11-27(56-5)18-25(29)13-16-45-33)21-49(30)34(51)31(24)46-36(53)58-37(3,4)40(42,43)44/h8,10-13,16,18,23-24,26,28,30-31H,6-7,9,14-15,17,19-22H2,1-5H3,(H,46,53)(H,47,50)(H,48,52)/t23-,24-,26-,28-,30+,31+,39-/m1/s1. The number of alkyl halides is 4. The molecule has 2 aromatic rings. The van der Waals surface area contributed by atoms with E-state index in [2.05, 4.69) is 15.6 Å². The highest BCUT2D eigenvalue weighted by atomic mass is 32.2. The van der Waals surface area contributed by atoms with Crippen LogP contribution in [-0.4, -0.2) is 103 Å². The van der Waals surface area contributed by atoms with Crippen LogP contribution in [0.3, 0.4) is 0 Å².